The van der Waals surface area contributed by atoms with Crippen LogP contribution in [0.15, 0.2) is 60.7 Å². The van der Waals surface area contributed by atoms with Crippen molar-refractivity contribution in [2.45, 2.75) is 32.6 Å². The van der Waals surface area contributed by atoms with E-state index in [1.54, 1.807) is 0 Å². The Morgan fingerprint density at radius 2 is 1.36 bits per heavy atom. The van der Waals surface area contributed by atoms with E-state index in [0.717, 1.165) is 35.6 Å². The zero-order chi connectivity index (χ0) is 15.4. The highest BCUT2D eigenvalue weighted by Crippen LogP contribution is 2.33. The summed E-state index contributed by atoms with van der Waals surface area (Å²) in [6.45, 7) is 4.45. The Morgan fingerprint density at radius 1 is 0.818 bits per heavy atom. The van der Waals surface area contributed by atoms with Crippen LogP contribution in [0.2, 0.25) is 0 Å². The molecule has 0 aliphatic carbocycles. The maximum Gasteiger partial charge on any atom is 0.110 e. The second kappa shape index (κ2) is 6.61. The van der Waals surface area contributed by atoms with Crippen LogP contribution in [0.3, 0.4) is 0 Å². The summed E-state index contributed by atoms with van der Waals surface area (Å²) in [6.07, 6.45) is 2.21. The third-order valence-corrected chi connectivity index (χ3v) is 4.20. The summed E-state index contributed by atoms with van der Waals surface area (Å²) in [5, 5.41) is 0. The topological polar surface area (TPSA) is 28.7 Å². The van der Waals surface area contributed by atoms with Crippen LogP contribution in [0.25, 0.3) is 22.5 Å². The lowest BCUT2D eigenvalue weighted by molar-refractivity contribution is 0.609. The van der Waals surface area contributed by atoms with Crippen molar-refractivity contribution in [1.82, 2.24) is 9.97 Å². The molecule has 0 fully saturated rings. The molecule has 0 radical (unpaired) electrons. The number of aromatic nitrogens is 2. The molecule has 0 saturated carbocycles. The minimum absolute atomic E-state index is 0.486. The highest BCUT2D eigenvalue weighted by atomic mass is 14.9. The van der Waals surface area contributed by atoms with Gasteiger partial charge in [0.15, 0.2) is 0 Å². The lowest BCUT2D eigenvalue weighted by Crippen LogP contribution is -1.97. The Bertz CT molecular complexity index is 653. The Kier molecular flexibility index (Phi) is 4.38. The van der Waals surface area contributed by atoms with E-state index in [0.29, 0.717) is 5.92 Å². The summed E-state index contributed by atoms with van der Waals surface area (Å²) >= 11 is 0. The molecule has 0 unspecified atom stereocenters. The molecular weight excluding hydrogens is 268 g/mol. The van der Waals surface area contributed by atoms with E-state index in [1.807, 2.05) is 12.1 Å². The quantitative estimate of drug-likeness (QED) is 0.646. The van der Waals surface area contributed by atoms with Crippen molar-refractivity contribution in [2.24, 2.45) is 0 Å². The predicted molar refractivity (Wildman–Crippen MR) is 92.8 cm³/mol. The summed E-state index contributed by atoms with van der Waals surface area (Å²) in [7, 11) is 0. The van der Waals surface area contributed by atoms with Crippen molar-refractivity contribution in [3.05, 3.63) is 66.5 Å². The Balaban J connectivity index is 2.14. The zero-order valence-corrected chi connectivity index (χ0v) is 13.2. The number of benzene rings is 2. The van der Waals surface area contributed by atoms with Gasteiger partial charge >= 0.3 is 0 Å². The fourth-order valence-electron chi connectivity index (χ4n) is 2.88. The summed E-state index contributed by atoms with van der Waals surface area (Å²) in [5.74, 6) is 1.59. The predicted octanol–water partition coefficient (Wildman–Crippen LogP) is 5.65. The molecule has 0 atom stereocenters. The SMILES string of the molecule is CCC(CC)c1nc(-c2ccccc2)c(-c2ccccc2)[nH]1. The van der Waals surface area contributed by atoms with E-state index in [-0.39, 0.29) is 0 Å². The van der Waals surface area contributed by atoms with E-state index < -0.39 is 0 Å². The van der Waals surface area contributed by atoms with Gasteiger partial charge in [-0.2, -0.15) is 0 Å². The van der Waals surface area contributed by atoms with Crippen molar-refractivity contribution in [3.63, 3.8) is 0 Å². The van der Waals surface area contributed by atoms with Gasteiger partial charge in [0.25, 0.3) is 0 Å². The van der Waals surface area contributed by atoms with Crippen molar-refractivity contribution >= 4 is 0 Å². The van der Waals surface area contributed by atoms with Crippen LogP contribution >= 0.6 is 0 Å². The van der Waals surface area contributed by atoms with Gasteiger partial charge in [-0.05, 0) is 12.8 Å². The van der Waals surface area contributed by atoms with Crippen LogP contribution in [-0.4, -0.2) is 9.97 Å². The number of aromatic amines is 1. The van der Waals surface area contributed by atoms with Crippen LogP contribution in [-0.2, 0) is 0 Å². The van der Waals surface area contributed by atoms with Crippen LogP contribution < -0.4 is 0 Å². The maximum absolute atomic E-state index is 4.94. The molecule has 0 spiro atoms. The average molecular weight is 290 g/mol. The van der Waals surface area contributed by atoms with Gasteiger partial charge in [-0.25, -0.2) is 4.98 Å². The first-order valence-electron chi connectivity index (χ1n) is 8.04. The molecule has 2 aromatic carbocycles. The van der Waals surface area contributed by atoms with Crippen LogP contribution in [0.5, 0.6) is 0 Å². The number of nitrogens with one attached hydrogen (secondary N) is 1. The molecule has 0 saturated heterocycles. The van der Waals surface area contributed by atoms with Crippen LogP contribution in [0, 0.1) is 0 Å². The van der Waals surface area contributed by atoms with E-state index in [2.05, 4.69) is 67.4 Å². The summed E-state index contributed by atoms with van der Waals surface area (Å²) < 4.78 is 0. The minimum atomic E-state index is 0.486. The molecule has 0 amide bonds. The maximum atomic E-state index is 4.94. The van der Waals surface area contributed by atoms with Gasteiger partial charge in [0, 0.05) is 17.0 Å². The fraction of sp³-hybridized carbons (Fsp3) is 0.250. The van der Waals surface area contributed by atoms with E-state index in [1.165, 1.54) is 5.56 Å². The summed E-state index contributed by atoms with van der Waals surface area (Å²) in [5.41, 5.74) is 4.52. The highest BCUT2D eigenvalue weighted by Gasteiger charge is 2.17. The molecular formula is C20H22N2. The fourth-order valence-corrected chi connectivity index (χ4v) is 2.88. The van der Waals surface area contributed by atoms with Crippen molar-refractivity contribution in [3.8, 4) is 22.5 Å². The molecule has 3 rings (SSSR count). The summed E-state index contributed by atoms with van der Waals surface area (Å²) in [4.78, 5) is 8.53. The lowest BCUT2D eigenvalue weighted by Gasteiger charge is -2.07. The van der Waals surface area contributed by atoms with Crippen LogP contribution in [0.4, 0.5) is 0 Å². The Morgan fingerprint density at radius 3 is 1.91 bits per heavy atom. The zero-order valence-electron chi connectivity index (χ0n) is 13.2. The number of imidazole rings is 1. The second-order valence-corrected chi connectivity index (χ2v) is 5.59. The molecule has 0 aliphatic rings. The molecule has 1 heterocycles. The number of hydrogen-bond acceptors (Lipinski definition) is 1. The van der Waals surface area contributed by atoms with Crippen molar-refractivity contribution in [1.29, 1.82) is 0 Å². The molecule has 22 heavy (non-hydrogen) atoms. The van der Waals surface area contributed by atoms with Crippen molar-refractivity contribution in [2.75, 3.05) is 0 Å². The highest BCUT2D eigenvalue weighted by molar-refractivity contribution is 5.78. The normalized spacial score (nSPS) is 11.0. The lowest BCUT2D eigenvalue weighted by atomic mass is 10.0. The monoisotopic (exact) mass is 290 g/mol. The standard InChI is InChI=1S/C20H22N2/c1-3-15(4-2)20-21-18(16-11-7-5-8-12-16)19(22-20)17-13-9-6-10-14-17/h5-15H,3-4H2,1-2H3,(H,21,22). The van der Waals surface area contributed by atoms with Crippen LogP contribution in [0.1, 0.15) is 38.4 Å². The first-order chi connectivity index (χ1) is 10.8. The number of rotatable bonds is 5. The van der Waals surface area contributed by atoms with Gasteiger partial charge in [0.05, 0.1) is 11.4 Å². The van der Waals surface area contributed by atoms with Gasteiger partial charge in [-0.3, -0.25) is 0 Å². The first-order valence-corrected chi connectivity index (χ1v) is 8.04. The van der Waals surface area contributed by atoms with E-state index in [4.69, 9.17) is 4.98 Å². The molecule has 3 aromatic rings. The third-order valence-electron chi connectivity index (χ3n) is 4.20. The number of hydrogen-bond donors (Lipinski definition) is 1. The van der Waals surface area contributed by atoms with E-state index in [9.17, 15) is 0 Å². The first kappa shape index (κ1) is 14.6. The van der Waals surface area contributed by atoms with Crippen molar-refractivity contribution < 1.29 is 0 Å². The molecule has 0 aliphatic heterocycles. The van der Waals surface area contributed by atoms with Gasteiger partial charge in [0.1, 0.15) is 5.82 Å². The number of H-pyrrole nitrogens is 1. The average Bonchev–Trinajstić information content (AvgIpc) is 3.03. The minimum Gasteiger partial charge on any atom is -0.341 e. The molecule has 0 bridgehead atoms. The second-order valence-electron chi connectivity index (χ2n) is 5.59. The van der Waals surface area contributed by atoms with E-state index >= 15 is 0 Å². The molecule has 2 nitrogen and oxygen atoms in total. The van der Waals surface area contributed by atoms with Gasteiger partial charge in [-0.1, -0.05) is 74.5 Å². The largest absolute Gasteiger partial charge is 0.341 e. The van der Waals surface area contributed by atoms with Gasteiger partial charge < -0.3 is 4.98 Å². The Labute approximate surface area is 132 Å². The van der Waals surface area contributed by atoms with Gasteiger partial charge in [0.2, 0.25) is 0 Å². The van der Waals surface area contributed by atoms with Gasteiger partial charge in [-0.15, -0.1) is 0 Å². The third kappa shape index (κ3) is 2.82. The smallest absolute Gasteiger partial charge is 0.110 e. The number of nitrogens with zero attached hydrogens (tertiary/aromatic N) is 1. The molecule has 2 heteroatoms. The molecule has 1 aromatic heterocycles. The molecule has 112 valence electrons. The summed E-state index contributed by atoms with van der Waals surface area (Å²) in [6, 6.07) is 20.9. The molecule has 1 N–H and O–H groups in total. The Hall–Kier alpha value is -2.35.